The molecular formula is C17H14N4O3S2. The van der Waals surface area contributed by atoms with E-state index in [1.54, 1.807) is 13.3 Å². The van der Waals surface area contributed by atoms with E-state index < -0.39 is 10.0 Å². The van der Waals surface area contributed by atoms with Gasteiger partial charge in [0.1, 0.15) is 5.75 Å². The van der Waals surface area contributed by atoms with Gasteiger partial charge in [-0.2, -0.15) is 0 Å². The molecule has 0 saturated carbocycles. The van der Waals surface area contributed by atoms with Gasteiger partial charge in [-0.1, -0.05) is 47.7 Å². The maximum Gasteiger partial charge on any atom is 0.267 e. The van der Waals surface area contributed by atoms with E-state index in [0.29, 0.717) is 10.7 Å². The highest BCUT2D eigenvalue weighted by Gasteiger charge is 2.17. The summed E-state index contributed by atoms with van der Waals surface area (Å²) in [5.41, 5.74) is 3.79. The quantitative estimate of drug-likeness (QED) is 0.581. The molecule has 132 valence electrons. The maximum atomic E-state index is 11.3. The molecule has 0 saturated heterocycles. The van der Waals surface area contributed by atoms with E-state index >= 15 is 0 Å². The first-order valence-corrected chi connectivity index (χ1v) is 9.94. The minimum atomic E-state index is -3.82. The number of rotatable bonds is 4. The molecule has 0 aliphatic rings. The van der Waals surface area contributed by atoms with E-state index in [-0.39, 0.29) is 4.34 Å². The van der Waals surface area contributed by atoms with Crippen LogP contribution in [-0.4, -0.2) is 30.1 Å². The van der Waals surface area contributed by atoms with Crippen LogP contribution in [-0.2, 0) is 10.0 Å². The number of fused-ring (bicyclic) bond motifs is 1. The molecule has 0 atom stereocenters. The van der Waals surface area contributed by atoms with Gasteiger partial charge < -0.3 is 4.74 Å². The second-order valence-corrected chi connectivity index (χ2v) is 8.26. The first-order valence-electron chi connectivity index (χ1n) is 7.58. The van der Waals surface area contributed by atoms with E-state index in [1.807, 2.05) is 48.5 Å². The third-order valence-electron chi connectivity index (χ3n) is 3.87. The summed E-state index contributed by atoms with van der Waals surface area (Å²) in [5, 5.41) is 9.05. The van der Waals surface area contributed by atoms with Crippen molar-refractivity contribution in [2.24, 2.45) is 5.14 Å². The van der Waals surface area contributed by atoms with Crippen LogP contribution in [0.4, 0.5) is 0 Å². The highest BCUT2D eigenvalue weighted by molar-refractivity contribution is 7.91. The number of nitrogens with zero attached hydrogens (tertiary/aromatic N) is 3. The van der Waals surface area contributed by atoms with Crippen LogP contribution < -0.4 is 9.88 Å². The Morgan fingerprint density at radius 1 is 1.00 bits per heavy atom. The van der Waals surface area contributed by atoms with Gasteiger partial charge in [0.15, 0.2) is 0 Å². The van der Waals surface area contributed by atoms with Gasteiger partial charge >= 0.3 is 0 Å². The topological polar surface area (TPSA) is 99.6 Å². The Labute approximate surface area is 153 Å². The zero-order chi connectivity index (χ0) is 18.3. The van der Waals surface area contributed by atoms with Crippen LogP contribution in [0.2, 0.25) is 0 Å². The number of sulfonamides is 1. The number of ether oxygens (including phenoxy) is 1. The first kappa shape index (κ1) is 16.7. The lowest BCUT2D eigenvalue weighted by atomic mass is 10.0. The third-order valence-corrected chi connectivity index (χ3v) is 6.10. The number of benzene rings is 2. The molecule has 26 heavy (non-hydrogen) atoms. The summed E-state index contributed by atoms with van der Waals surface area (Å²) in [7, 11) is -2.18. The number of hydrogen-bond acceptors (Lipinski definition) is 6. The fourth-order valence-corrected chi connectivity index (χ4v) is 4.06. The van der Waals surface area contributed by atoms with Crippen LogP contribution in [0.5, 0.6) is 5.75 Å². The van der Waals surface area contributed by atoms with Gasteiger partial charge in [0.05, 0.1) is 19.0 Å². The summed E-state index contributed by atoms with van der Waals surface area (Å²) in [6.45, 7) is 0. The number of hydrogen-bond donors (Lipinski definition) is 1. The van der Waals surface area contributed by atoms with E-state index in [9.17, 15) is 8.42 Å². The number of methoxy groups -OCH3 is 1. The maximum absolute atomic E-state index is 11.3. The molecule has 0 spiro atoms. The molecule has 4 aromatic rings. The van der Waals surface area contributed by atoms with Crippen LogP contribution in [0.25, 0.3) is 27.3 Å². The predicted octanol–water partition coefficient (Wildman–Crippen LogP) is 2.78. The van der Waals surface area contributed by atoms with Crippen molar-refractivity contribution in [3.05, 3.63) is 54.7 Å². The Balaban J connectivity index is 1.63. The van der Waals surface area contributed by atoms with Crippen molar-refractivity contribution >= 4 is 26.3 Å². The fourth-order valence-electron chi connectivity index (χ4n) is 2.55. The van der Waals surface area contributed by atoms with Gasteiger partial charge in [-0.05, 0) is 23.3 Å². The molecule has 2 heterocycles. The second kappa shape index (κ2) is 6.20. The number of primary sulfonamides is 1. The molecule has 0 unspecified atom stereocenters. The molecular weight excluding hydrogens is 372 g/mol. The average Bonchev–Trinajstić information content (AvgIpc) is 3.21. The molecule has 2 aromatic carbocycles. The molecule has 9 heteroatoms. The standard InChI is InChI=1S/C17H14N4O3S2/c1-24-14-8-6-12(7-9-14)11-2-4-13(5-3-11)15-10-21-16(19-15)25-17(20-21)26(18,22)23/h2-10H,1H3,(H2,18,22,23). The molecule has 0 fully saturated rings. The summed E-state index contributed by atoms with van der Waals surface area (Å²) in [4.78, 5) is 4.90. The SMILES string of the molecule is COc1ccc(-c2ccc(-c3cn4nc(S(N)(=O)=O)sc4n3)cc2)cc1. The third kappa shape index (κ3) is 3.07. The van der Waals surface area contributed by atoms with Gasteiger partial charge in [0.2, 0.25) is 9.30 Å². The molecule has 0 aliphatic heterocycles. The molecule has 4 rings (SSSR count). The lowest BCUT2D eigenvalue weighted by Crippen LogP contribution is -2.12. The summed E-state index contributed by atoms with van der Waals surface area (Å²) < 4.78 is 29.1. The Bertz CT molecular complexity index is 1150. The van der Waals surface area contributed by atoms with E-state index in [2.05, 4.69) is 10.1 Å². The second-order valence-electron chi connectivity index (χ2n) is 5.57. The zero-order valence-electron chi connectivity index (χ0n) is 13.7. The first-order chi connectivity index (χ1) is 12.4. The number of aromatic nitrogens is 3. The predicted molar refractivity (Wildman–Crippen MR) is 99.7 cm³/mol. The van der Waals surface area contributed by atoms with Crippen LogP contribution in [0.1, 0.15) is 0 Å². The molecule has 0 amide bonds. The van der Waals surface area contributed by atoms with E-state index in [1.165, 1.54) is 4.52 Å². The van der Waals surface area contributed by atoms with Gasteiger partial charge in [-0.3, -0.25) is 0 Å². The van der Waals surface area contributed by atoms with Crippen molar-refractivity contribution in [3.63, 3.8) is 0 Å². The Hall–Kier alpha value is -2.75. The van der Waals surface area contributed by atoms with Crippen molar-refractivity contribution in [1.82, 2.24) is 14.6 Å². The molecule has 0 aliphatic carbocycles. The van der Waals surface area contributed by atoms with Crippen molar-refractivity contribution in [1.29, 1.82) is 0 Å². The van der Waals surface area contributed by atoms with Gasteiger partial charge in [-0.25, -0.2) is 23.1 Å². The van der Waals surface area contributed by atoms with Gasteiger partial charge in [0.25, 0.3) is 10.0 Å². The average molecular weight is 386 g/mol. The molecule has 2 N–H and O–H groups in total. The summed E-state index contributed by atoms with van der Waals surface area (Å²) in [6.07, 6.45) is 1.68. The number of imidazole rings is 1. The minimum Gasteiger partial charge on any atom is -0.497 e. The van der Waals surface area contributed by atoms with Crippen LogP contribution in [0.3, 0.4) is 0 Å². The smallest absolute Gasteiger partial charge is 0.267 e. The largest absolute Gasteiger partial charge is 0.497 e. The molecule has 7 nitrogen and oxygen atoms in total. The van der Waals surface area contributed by atoms with Gasteiger partial charge in [-0.15, -0.1) is 5.10 Å². The minimum absolute atomic E-state index is 0.151. The van der Waals surface area contributed by atoms with E-state index in [0.717, 1.165) is 33.8 Å². The van der Waals surface area contributed by atoms with Crippen LogP contribution in [0.15, 0.2) is 59.1 Å². The Morgan fingerprint density at radius 3 is 2.12 bits per heavy atom. The summed E-state index contributed by atoms with van der Waals surface area (Å²) in [6, 6.07) is 15.8. The highest BCUT2D eigenvalue weighted by Crippen LogP contribution is 2.27. The van der Waals surface area contributed by atoms with Crippen LogP contribution in [0, 0.1) is 0 Å². The number of nitrogens with two attached hydrogens (primary N) is 1. The summed E-state index contributed by atoms with van der Waals surface area (Å²) >= 11 is 0.939. The zero-order valence-corrected chi connectivity index (χ0v) is 15.3. The molecule has 0 radical (unpaired) electrons. The van der Waals surface area contributed by atoms with Crippen molar-refractivity contribution in [2.75, 3.05) is 7.11 Å². The van der Waals surface area contributed by atoms with Gasteiger partial charge in [0, 0.05) is 5.56 Å². The normalized spacial score (nSPS) is 11.8. The monoisotopic (exact) mass is 386 g/mol. The Kier molecular flexibility index (Phi) is 3.98. The van der Waals surface area contributed by atoms with Crippen molar-refractivity contribution in [2.45, 2.75) is 4.34 Å². The van der Waals surface area contributed by atoms with E-state index in [4.69, 9.17) is 9.88 Å². The highest BCUT2D eigenvalue weighted by atomic mass is 32.2. The van der Waals surface area contributed by atoms with Crippen molar-refractivity contribution < 1.29 is 13.2 Å². The lowest BCUT2D eigenvalue weighted by Gasteiger charge is -2.04. The lowest BCUT2D eigenvalue weighted by molar-refractivity contribution is 0.415. The molecule has 2 aromatic heterocycles. The Morgan fingerprint density at radius 2 is 1.58 bits per heavy atom. The van der Waals surface area contributed by atoms with Crippen molar-refractivity contribution in [3.8, 4) is 28.1 Å². The summed E-state index contributed by atoms with van der Waals surface area (Å²) in [5.74, 6) is 0.815. The molecule has 0 bridgehead atoms. The fraction of sp³-hybridized carbons (Fsp3) is 0.0588. The van der Waals surface area contributed by atoms with Crippen LogP contribution >= 0.6 is 11.3 Å².